The van der Waals surface area contributed by atoms with Crippen LogP contribution in [0.5, 0.6) is 0 Å². The van der Waals surface area contributed by atoms with Gasteiger partial charge in [-0.05, 0) is 30.2 Å². The van der Waals surface area contributed by atoms with Gasteiger partial charge < -0.3 is 15.3 Å². The Kier molecular flexibility index (Phi) is 6.49. The maximum absolute atomic E-state index is 13.1. The number of ketones is 1. The summed E-state index contributed by atoms with van der Waals surface area (Å²) in [5, 5.41) is 11.4. The molecule has 31 heavy (non-hydrogen) atoms. The third kappa shape index (κ3) is 4.80. The number of aliphatic carboxylic acids is 1. The van der Waals surface area contributed by atoms with Gasteiger partial charge in [0.05, 0.1) is 6.42 Å². The molecule has 2 aromatic rings. The topological polar surface area (TPSA) is 107 Å². The molecule has 0 saturated carbocycles. The van der Waals surface area contributed by atoms with Crippen molar-refractivity contribution in [2.24, 2.45) is 0 Å². The van der Waals surface area contributed by atoms with E-state index in [1.165, 1.54) is 18.1 Å². The molecule has 0 bridgehead atoms. The van der Waals surface area contributed by atoms with E-state index in [1.54, 1.807) is 25.1 Å². The number of amides is 3. The third-order valence-corrected chi connectivity index (χ3v) is 4.93. The lowest BCUT2D eigenvalue weighted by atomic mass is 9.98. The number of benzene rings is 2. The number of hydrogen-bond acceptors (Lipinski definition) is 4. The van der Waals surface area contributed by atoms with Gasteiger partial charge in [-0.3, -0.25) is 19.3 Å². The highest BCUT2D eigenvalue weighted by atomic mass is 16.4. The van der Waals surface area contributed by atoms with Gasteiger partial charge in [0.25, 0.3) is 5.91 Å². The van der Waals surface area contributed by atoms with Crippen molar-refractivity contribution in [3.63, 3.8) is 0 Å². The SMILES string of the molecule is CC1=CN(C)C(=O)[C@@H](N(C(=O)NCCC(=O)O)c2cccc(-c3ccccc3)c2)C1=O. The molecular formula is C23H23N3O5. The zero-order valence-corrected chi connectivity index (χ0v) is 17.2. The maximum Gasteiger partial charge on any atom is 0.323 e. The Bertz CT molecular complexity index is 1050. The molecule has 2 aromatic carbocycles. The molecule has 3 rings (SSSR count). The monoisotopic (exact) mass is 421 g/mol. The van der Waals surface area contributed by atoms with Crippen LogP contribution in [0.2, 0.25) is 0 Å². The fourth-order valence-electron chi connectivity index (χ4n) is 3.38. The van der Waals surface area contributed by atoms with Crippen molar-refractivity contribution in [3.05, 3.63) is 66.4 Å². The van der Waals surface area contributed by atoms with Crippen molar-refractivity contribution >= 4 is 29.4 Å². The summed E-state index contributed by atoms with van der Waals surface area (Å²) >= 11 is 0. The summed E-state index contributed by atoms with van der Waals surface area (Å²) in [5.41, 5.74) is 2.40. The zero-order valence-electron chi connectivity index (χ0n) is 17.2. The number of carboxylic acids is 1. The number of rotatable bonds is 6. The van der Waals surface area contributed by atoms with Crippen LogP contribution in [0, 0.1) is 0 Å². The van der Waals surface area contributed by atoms with Gasteiger partial charge in [-0.2, -0.15) is 0 Å². The Morgan fingerprint density at radius 1 is 1.06 bits per heavy atom. The van der Waals surface area contributed by atoms with Crippen LogP contribution in [0.15, 0.2) is 66.4 Å². The fraction of sp³-hybridized carbons (Fsp3) is 0.217. The minimum Gasteiger partial charge on any atom is -0.481 e. The maximum atomic E-state index is 13.1. The summed E-state index contributed by atoms with van der Waals surface area (Å²) in [4.78, 5) is 52.1. The second-order valence-corrected chi connectivity index (χ2v) is 7.19. The molecule has 1 aliphatic heterocycles. The largest absolute Gasteiger partial charge is 0.481 e. The Labute approximate surface area is 179 Å². The van der Waals surface area contributed by atoms with Gasteiger partial charge in [0, 0.05) is 31.1 Å². The standard InChI is InChI=1S/C23H23N3O5/c1-15-14-25(2)22(30)20(21(15)29)26(23(31)24-12-11-19(27)28)18-10-6-9-17(13-18)16-7-4-3-5-8-16/h3-10,13-14,20H,11-12H2,1-2H3,(H,24,31)(H,27,28)/t20-/m0/s1. The highest BCUT2D eigenvalue weighted by molar-refractivity contribution is 6.21. The van der Waals surface area contributed by atoms with Crippen molar-refractivity contribution in [2.75, 3.05) is 18.5 Å². The van der Waals surface area contributed by atoms with Crippen LogP contribution >= 0.6 is 0 Å². The summed E-state index contributed by atoms with van der Waals surface area (Å²) in [6, 6.07) is 14.3. The second-order valence-electron chi connectivity index (χ2n) is 7.19. The quantitative estimate of drug-likeness (QED) is 0.698. The van der Waals surface area contributed by atoms with Crippen LogP contribution in [-0.4, -0.2) is 53.3 Å². The number of nitrogens with one attached hydrogen (secondary N) is 1. The first-order valence-electron chi connectivity index (χ1n) is 9.73. The molecule has 0 fully saturated rings. The first-order valence-corrected chi connectivity index (χ1v) is 9.73. The number of carbonyl (C=O) groups excluding carboxylic acids is 3. The van der Waals surface area contributed by atoms with E-state index in [0.29, 0.717) is 11.3 Å². The Morgan fingerprint density at radius 2 is 1.74 bits per heavy atom. The smallest absolute Gasteiger partial charge is 0.323 e. The van der Waals surface area contributed by atoms with E-state index in [1.807, 2.05) is 36.4 Å². The van der Waals surface area contributed by atoms with Crippen molar-refractivity contribution in [1.82, 2.24) is 10.2 Å². The Balaban J connectivity index is 2.03. The predicted molar refractivity (Wildman–Crippen MR) is 115 cm³/mol. The van der Waals surface area contributed by atoms with Crippen molar-refractivity contribution in [1.29, 1.82) is 0 Å². The molecule has 0 unspecified atom stereocenters. The average Bonchev–Trinajstić information content (AvgIpc) is 2.75. The minimum atomic E-state index is -1.38. The molecule has 0 aromatic heterocycles. The molecule has 1 atom stereocenters. The lowest BCUT2D eigenvalue weighted by Crippen LogP contribution is -2.58. The predicted octanol–water partition coefficient (Wildman–Crippen LogP) is 2.66. The third-order valence-electron chi connectivity index (χ3n) is 4.93. The number of nitrogens with zero attached hydrogens (tertiary/aromatic N) is 2. The summed E-state index contributed by atoms with van der Waals surface area (Å²) in [7, 11) is 1.52. The lowest BCUT2D eigenvalue weighted by molar-refractivity contribution is -0.137. The number of urea groups is 1. The molecule has 1 aliphatic rings. The van der Waals surface area contributed by atoms with Crippen LogP contribution < -0.4 is 10.2 Å². The zero-order chi connectivity index (χ0) is 22.5. The second kappa shape index (κ2) is 9.25. The number of anilines is 1. The van der Waals surface area contributed by atoms with Gasteiger partial charge in [0.15, 0.2) is 11.8 Å². The number of Topliss-reactive ketones (excluding diaryl/α,β-unsaturated/α-hetero) is 1. The summed E-state index contributed by atoms with van der Waals surface area (Å²) in [5.74, 6) is -2.10. The minimum absolute atomic E-state index is 0.136. The van der Waals surface area contributed by atoms with Gasteiger partial charge >= 0.3 is 12.0 Å². The number of carbonyl (C=O) groups is 4. The molecule has 1 heterocycles. The molecule has 8 nitrogen and oxygen atoms in total. The van der Waals surface area contributed by atoms with E-state index < -0.39 is 29.7 Å². The van der Waals surface area contributed by atoms with Crippen LogP contribution in [-0.2, 0) is 14.4 Å². The van der Waals surface area contributed by atoms with E-state index in [0.717, 1.165) is 16.0 Å². The van der Waals surface area contributed by atoms with Gasteiger partial charge in [-0.1, -0.05) is 42.5 Å². The Hall–Kier alpha value is -3.94. The summed E-state index contributed by atoms with van der Waals surface area (Å²) < 4.78 is 0. The molecule has 0 saturated heterocycles. The highest BCUT2D eigenvalue weighted by Crippen LogP contribution is 2.28. The molecule has 0 radical (unpaired) electrons. The molecule has 0 aliphatic carbocycles. The highest BCUT2D eigenvalue weighted by Gasteiger charge is 2.41. The van der Waals surface area contributed by atoms with Crippen LogP contribution in [0.25, 0.3) is 11.1 Å². The van der Waals surface area contributed by atoms with E-state index in [4.69, 9.17) is 5.11 Å². The van der Waals surface area contributed by atoms with Gasteiger partial charge in [-0.15, -0.1) is 0 Å². The number of carboxylic acid groups (broad SMARTS) is 1. The average molecular weight is 421 g/mol. The van der Waals surface area contributed by atoms with Crippen molar-refractivity contribution in [3.8, 4) is 11.1 Å². The Morgan fingerprint density at radius 3 is 2.42 bits per heavy atom. The van der Waals surface area contributed by atoms with E-state index in [2.05, 4.69) is 5.32 Å². The molecule has 0 spiro atoms. The summed E-state index contributed by atoms with van der Waals surface area (Å²) in [6.45, 7) is 1.45. The molecule has 8 heteroatoms. The normalized spacial score (nSPS) is 16.0. The van der Waals surface area contributed by atoms with Gasteiger partial charge in [0.2, 0.25) is 0 Å². The van der Waals surface area contributed by atoms with Crippen molar-refractivity contribution in [2.45, 2.75) is 19.4 Å². The van der Waals surface area contributed by atoms with Crippen LogP contribution in [0.1, 0.15) is 13.3 Å². The lowest BCUT2D eigenvalue weighted by Gasteiger charge is -2.34. The van der Waals surface area contributed by atoms with Gasteiger partial charge in [-0.25, -0.2) is 4.79 Å². The molecule has 160 valence electrons. The molecule has 2 N–H and O–H groups in total. The van der Waals surface area contributed by atoms with E-state index in [9.17, 15) is 19.2 Å². The number of likely N-dealkylation sites (N-methyl/N-ethyl adjacent to an activating group) is 1. The fourth-order valence-corrected chi connectivity index (χ4v) is 3.38. The molecule has 3 amide bonds. The van der Waals surface area contributed by atoms with E-state index >= 15 is 0 Å². The van der Waals surface area contributed by atoms with Gasteiger partial charge in [0.1, 0.15) is 0 Å². The first-order chi connectivity index (χ1) is 14.8. The van der Waals surface area contributed by atoms with Crippen LogP contribution in [0.4, 0.5) is 10.5 Å². The first kappa shape index (κ1) is 21.8. The number of hydrogen-bond donors (Lipinski definition) is 2. The summed E-state index contributed by atoms with van der Waals surface area (Å²) in [6.07, 6.45) is 1.15. The van der Waals surface area contributed by atoms with Crippen LogP contribution in [0.3, 0.4) is 0 Å². The van der Waals surface area contributed by atoms with Crippen molar-refractivity contribution < 1.29 is 24.3 Å². The molecular weight excluding hydrogens is 398 g/mol. The van der Waals surface area contributed by atoms with E-state index in [-0.39, 0.29) is 13.0 Å².